The summed E-state index contributed by atoms with van der Waals surface area (Å²) in [5, 5.41) is 16.0. The second-order valence-corrected chi connectivity index (χ2v) is 4.22. The molecule has 0 aliphatic carbocycles. The first kappa shape index (κ1) is 12.2. The van der Waals surface area contributed by atoms with Crippen LogP contribution in [0.5, 0.6) is 0 Å². The molecule has 102 valence electrons. The first-order valence-corrected chi connectivity index (χ1v) is 6.09. The molecular formula is C13H12N4O3. The fourth-order valence-electron chi connectivity index (χ4n) is 1.84. The lowest BCUT2D eigenvalue weighted by atomic mass is 10.2. The van der Waals surface area contributed by atoms with Crippen molar-refractivity contribution in [1.29, 1.82) is 0 Å². The molecule has 0 atom stereocenters. The summed E-state index contributed by atoms with van der Waals surface area (Å²) in [6.07, 6.45) is 3.50. The van der Waals surface area contributed by atoms with Gasteiger partial charge in [-0.25, -0.2) is 4.79 Å². The van der Waals surface area contributed by atoms with Crippen molar-refractivity contribution in [1.82, 2.24) is 14.8 Å². The highest BCUT2D eigenvalue weighted by atomic mass is 16.4. The third kappa shape index (κ3) is 2.20. The largest absolute Gasteiger partial charge is 0.478 e. The fourth-order valence-corrected chi connectivity index (χ4v) is 1.84. The van der Waals surface area contributed by atoms with Gasteiger partial charge in [0.05, 0.1) is 17.4 Å². The van der Waals surface area contributed by atoms with Gasteiger partial charge in [-0.15, -0.1) is 0 Å². The number of nitrogens with zero attached hydrogens (tertiary/aromatic N) is 3. The van der Waals surface area contributed by atoms with Crippen molar-refractivity contribution in [3.8, 4) is 0 Å². The number of anilines is 2. The highest BCUT2D eigenvalue weighted by molar-refractivity contribution is 5.92. The van der Waals surface area contributed by atoms with Crippen LogP contribution < -0.4 is 5.32 Å². The minimum Gasteiger partial charge on any atom is -0.478 e. The average molecular weight is 272 g/mol. The number of carboxylic acids is 1. The van der Waals surface area contributed by atoms with Gasteiger partial charge in [0, 0.05) is 12.7 Å². The van der Waals surface area contributed by atoms with Gasteiger partial charge in [0.2, 0.25) is 0 Å². The molecule has 3 aromatic rings. The lowest BCUT2D eigenvalue weighted by Crippen LogP contribution is -1.94. The molecule has 0 saturated carbocycles. The quantitative estimate of drug-likeness (QED) is 0.757. The number of fused-ring (bicyclic) bond motifs is 1. The Morgan fingerprint density at radius 3 is 3.05 bits per heavy atom. The van der Waals surface area contributed by atoms with E-state index in [0.717, 1.165) is 12.2 Å². The van der Waals surface area contributed by atoms with Gasteiger partial charge in [-0.1, -0.05) is 0 Å². The summed E-state index contributed by atoms with van der Waals surface area (Å²) < 4.78 is 7.25. The predicted octanol–water partition coefficient (Wildman–Crippen LogP) is 2.49. The number of aromatic nitrogens is 3. The van der Waals surface area contributed by atoms with Crippen molar-refractivity contribution in [2.24, 2.45) is 0 Å². The maximum atomic E-state index is 10.9. The first-order chi connectivity index (χ1) is 9.65. The average Bonchev–Trinajstić information content (AvgIpc) is 3.03. The summed E-state index contributed by atoms with van der Waals surface area (Å²) >= 11 is 0. The van der Waals surface area contributed by atoms with Crippen molar-refractivity contribution in [2.75, 3.05) is 5.32 Å². The molecule has 0 saturated heterocycles. The van der Waals surface area contributed by atoms with E-state index in [9.17, 15) is 4.79 Å². The Balaban J connectivity index is 1.90. The molecule has 3 rings (SSSR count). The molecule has 0 aliphatic heterocycles. The molecule has 2 heterocycles. The van der Waals surface area contributed by atoms with Gasteiger partial charge in [-0.05, 0) is 25.1 Å². The van der Waals surface area contributed by atoms with Crippen molar-refractivity contribution in [2.45, 2.75) is 13.5 Å². The zero-order valence-corrected chi connectivity index (χ0v) is 10.7. The number of nitrogens with one attached hydrogen (secondary N) is 1. The van der Waals surface area contributed by atoms with Gasteiger partial charge < -0.3 is 14.8 Å². The summed E-state index contributed by atoms with van der Waals surface area (Å²) in [5.74, 6) is -0.998. The maximum absolute atomic E-state index is 10.9. The molecule has 7 heteroatoms. The molecule has 0 bridgehead atoms. The number of oxazole rings is 1. The van der Waals surface area contributed by atoms with Crippen molar-refractivity contribution in [3.63, 3.8) is 0 Å². The van der Waals surface area contributed by atoms with E-state index in [2.05, 4.69) is 15.4 Å². The molecule has 7 nitrogen and oxygen atoms in total. The number of aromatic carboxylic acids is 1. The highest BCUT2D eigenvalue weighted by Gasteiger charge is 2.10. The van der Waals surface area contributed by atoms with Crippen molar-refractivity contribution >= 4 is 28.8 Å². The van der Waals surface area contributed by atoms with Crippen LogP contribution in [0.2, 0.25) is 0 Å². The van der Waals surface area contributed by atoms with Gasteiger partial charge in [0.25, 0.3) is 6.01 Å². The van der Waals surface area contributed by atoms with Crippen LogP contribution in [-0.4, -0.2) is 25.8 Å². The third-order valence-corrected chi connectivity index (χ3v) is 2.84. The number of hydrogen-bond acceptors (Lipinski definition) is 5. The monoisotopic (exact) mass is 272 g/mol. The second-order valence-electron chi connectivity index (χ2n) is 4.22. The summed E-state index contributed by atoms with van der Waals surface area (Å²) in [6.45, 7) is 2.76. The van der Waals surface area contributed by atoms with Crippen LogP contribution in [0.25, 0.3) is 11.1 Å². The van der Waals surface area contributed by atoms with Crippen LogP contribution in [0, 0.1) is 0 Å². The molecule has 0 aliphatic rings. The first-order valence-electron chi connectivity index (χ1n) is 6.09. The number of rotatable bonds is 4. The van der Waals surface area contributed by atoms with Gasteiger partial charge in [0.15, 0.2) is 5.58 Å². The molecule has 0 spiro atoms. The van der Waals surface area contributed by atoms with E-state index in [4.69, 9.17) is 9.52 Å². The molecule has 1 aromatic carbocycles. The molecule has 0 amide bonds. The Morgan fingerprint density at radius 1 is 1.50 bits per heavy atom. The Bertz CT molecular complexity index is 775. The van der Waals surface area contributed by atoms with E-state index in [1.807, 2.05) is 13.1 Å². The summed E-state index contributed by atoms with van der Waals surface area (Å²) in [5.41, 5.74) is 1.95. The van der Waals surface area contributed by atoms with Crippen LogP contribution in [-0.2, 0) is 6.54 Å². The van der Waals surface area contributed by atoms with E-state index in [0.29, 0.717) is 17.1 Å². The van der Waals surface area contributed by atoms with Crippen LogP contribution in [0.3, 0.4) is 0 Å². The smallest absolute Gasteiger partial charge is 0.335 e. The number of carbonyl (C=O) groups is 1. The standard InChI is InChI=1S/C13H12N4O3/c1-2-17-7-9(6-14-17)15-13-16-10-4-3-8(12(18)19)5-11(10)20-13/h3-7H,2H2,1H3,(H,15,16)(H,18,19). The molecule has 0 fully saturated rings. The molecular weight excluding hydrogens is 260 g/mol. The highest BCUT2D eigenvalue weighted by Crippen LogP contribution is 2.22. The minimum atomic E-state index is -0.998. The number of carboxylic acid groups (broad SMARTS) is 1. The molecule has 0 radical (unpaired) electrons. The zero-order valence-electron chi connectivity index (χ0n) is 10.7. The van der Waals surface area contributed by atoms with E-state index in [-0.39, 0.29) is 5.56 Å². The SMILES string of the molecule is CCn1cc(Nc2nc3ccc(C(=O)O)cc3o2)cn1. The molecule has 20 heavy (non-hydrogen) atoms. The number of aryl methyl sites for hydroxylation is 1. The van der Waals surface area contributed by atoms with Crippen LogP contribution >= 0.6 is 0 Å². The molecule has 0 unspecified atom stereocenters. The lowest BCUT2D eigenvalue weighted by molar-refractivity contribution is 0.0697. The molecule has 2 N–H and O–H groups in total. The summed E-state index contributed by atoms with van der Waals surface area (Å²) in [4.78, 5) is 15.1. The van der Waals surface area contributed by atoms with Gasteiger partial charge in [0.1, 0.15) is 5.52 Å². The van der Waals surface area contributed by atoms with E-state index in [1.165, 1.54) is 12.1 Å². The summed E-state index contributed by atoms with van der Waals surface area (Å²) in [6, 6.07) is 4.86. The van der Waals surface area contributed by atoms with Crippen LogP contribution in [0.4, 0.5) is 11.7 Å². The van der Waals surface area contributed by atoms with Gasteiger partial charge in [-0.3, -0.25) is 4.68 Å². The third-order valence-electron chi connectivity index (χ3n) is 2.84. The van der Waals surface area contributed by atoms with Crippen molar-refractivity contribution < 1.29 is 14.3 Å². The Hall–Kier alpha value is -2.83. The minimum absolute atomic E-state index is 0.166. The number of hydrogen-bond donors (Lipinski definition) is 2. The van der Waals surface area contributed by atoms with E-state index < -0.39 is 5.97 Å². The number of benzene rings is 1. The van der Waals surface area contributed by atoms with Crippen molar-refractivity contribution in [3.05, 3.63) is 36.2 Å². The Morgan fingerprint density at radius 2 is 2.35 bits per heavy atom. The van der Waals surface area contributed by atoms with E-state index >= 15 is 0 Å². The fraction of sp³-hybridized carbons (Fsp3) is 0.154. The van der Waals surface area contributed by atoms with Gasteiger partial charge in [-0.2, -0.15) is 10.1 Å². The van der Waals surface area contributed by atoms with Gasteiger partial charge >= 0.3 is 5.97 Å². The van der Waals surface area contributed by atoms with Crippen LogP contribution in [0.1, 0.15) is 17.3 Å². The Labute approximate surface area is 113 Å². The normalized spacial score (nSPS) is 10.8. The second kappa shape index (κ2) is 4.69. The summed E-state index contributed by atoms with van der Waals surface area (Å²) in [7, 11) is 0. The lowest BCUT2D eigenvalue weighted by Gasteiger charge is -1.95. The Kier molecular flexibility index (Phi) is 2.86. The predicted molar refractivity (Wildman–Crippen MR) is 72.2 cm³/mol. The zero-order chi connectivity index (χ0) is 14.1. The molecule has 2 aromatic heterocycles. The topological polar surface area (TPSA) is 93.2 Å². The van der Waals surface area contributed by atoms with E-state index in [1.54, 1.807) is 16.9 Å². The maximum Gasteiger partial charge on any atom is 0.335 e. The van der Waals surface area contributed by atoms with Crippen LogP contribution in [0.15, 0.2) is 35.0 Å².